The number of hydrogen-bond acceptors (Lipinski definition) is 3. The number of benzene rings is 1. The molecule has 92 valence electrons. The molecule has 5 nitrogen and oxygen atoms in total. The number of fused-ring (bicyclic) bond motifs is 4. The zero-order valence-corrected chi connectivity index (χ0v) is 9.68. The Morgan fingerprint density at radius 3 is 2.79 bits per heavy atom. The van der Waals surface area contributed by atoms with Crippen molar-refractivity contribution >= 4 is 16.8 Å². The van der Waals surface area contributed by atoms with E-state index in [9.17, 15) is 14.7 Å². The Bertz CT molecular complexity index is 918. The lowest BCUT2D eigenvalue weighted by Gasteiger charge is -2.04. The van der Waals surface area contributed by atoms with E-state index in [0.29, 0.717) is 22.3 Å². The van der Waals surface area contributed by atoms with Gasteiger partial charge in [-0.2, -0.15) is 0 Å². The molecule has 0 bridgehead atoms. The van der Waals surface area contributed by atoms with Crippen LogP contribution in [0.1, 0.15) is 10.4 Å². The molecule has 1 aromatic carbocycles. The average molecular weight is 252 g/mol. The van der Waals surface area contributed by atoms with Crippen LogP contribution in [0.3, 0.4) is 0 Å². The van der Waals surface area contributed by atoms with Gasteiger partial charge < -0.3 is 10.1 Å². The van der Waals surface area contributed by atoms with Gasteiger partial charge in [0.05, 0.1) is 22.3 Å². The lowest BCUT2D eigenvalue weighted by Crippen LogP contribution is -2.17. The first-order valence-electron chi connectivity index (χ1n) is 5.79. The van der Waals surface area contributed by atoms with Crippen molar-refractivity contribution in [3.8, 4) is 17.1 Å². The topological polar surface area (TPSA) is 75.1 Å². The highest BCUT2D eigenvalue weighted by Gasteiger charge is 2.30. The van der Waals surface area contributed by atoms with E-state index in [1.807, 2.05) is 0 Å². The summed E-state index contributed by atoms with van der Waals surface area (Å²) in [4.78, 5) is 27.6. The summed E-state index contributed by atoms with van der Waals surface area (Å²) in [5, 5.41) is 10.1. The molecule has 5 heteroatoms. The number of hydrogen-bond donors (Lipinski definition) is 2. The Morgan fingerprint density at radius 2 is 1.95 bits per heavy atom. The lowest BCUT2D eigenvalue weighted by atomic mass is 10.1. The average Bonchev–Trinajstić information content (AvgIpc) is 2.96. The van der Waals surface area contributed by atoms with Gasteiger partial charge in [-0.05, 0) is 24.3 Å². The molecular weight excluding hydrogens is 244 g/mol. The van der Waals surface area contributed by atoms with E-state index in [0.717, 1.165) is 0 Å². The summed E-state index contributed by atoms with van der Waals surface area (Å²) in [6.07, 6.45) is 1.62. The number of pyridine rings is 1. The third kappa shape index (κ3) is 1.09. The standard InChI is InChI=1S/C14H8N2O3/c17-9-5-1-3-7-11(9)15-12-8-4-2-6-16(8)14(19)10(12)13(7)18/h1-6,17H,(H,15,18). The van der Waals surface area contributed by atoms with E-state index in [-0.39, 0.29) is 22.6 Å². The molecule has 4 rings (SSSR count). The SMILES string of the molecule is O=C1c2c([nH]c3c(O)cccc3c2=O)-c2cccn21. The number of rotatable bonds is 0. The van der Waals surface area contributed by atoms with E-state index in [2.05, 4.69) is 4.98 Å². The quantitative estimate of drug-likeness (QED) is 0.500. The highest BCUT2D eigenvalue weighted by molar-refractivity contribution is 6.10. The molecule has 2 N–H and O–H groups in total. The Kier molecular flexibility index (Phi) is 1.67. The maximum Gasteiger partial charge on any atom is 0.268 e. The van der Waals surface area contributed by atoms with E-state index in [1.54, 1.807) is 30.5 Å². The molecule has 3 heterocycles. The maximum absolute atomic E-state index is 12.4. The van der Waals surface area contributed by atoms with Crippen LogP contribution in [0.2, 0.25) is 0 Å². The maximum atomic E-state index is 12.4. The van der Waals surface area contributed by atoms with Crippen LogP contribution in [0.25, 0.3) is 22.3 Å². The molecule has 3 aromatic rings. The summed E-state index contributed by atoms with van der Waals surface area (Å²) >= 11 is 0. The number of carbonyl (C=O) groups excluding carboxylic acids is 1. The van der Waals surface area contributed by atoms with Gasteiger partial charge in [0.2, 0.25) is 5.43 Å². The Morgan fingerprint density at radius 1 is 1.11 bits per heavy atom. The normalized spacial score (nSPS) is 12.7. The molecule has 0 aliphatic carbocycles. The number of aromatic amines is 1. The van der Waals surface area contributed by atoms with Crippen molar-refractivity contribution in [3.05, 3.63) is 52.3 Å². The number of phenols is 1. The van der Waals surface area contributed by atoms with Gasteiger partial charge in [-0.3, -0.25) is 14.2 Å². The molecule has 19 heavy (non-hydrogen) atoms. The molecule has 0 saturated heterocycles. The molecule has 0 spiro atoms. The van der Waals surface area contributed by atoms with Crippen LogP contribution in [-0.4, -0.2) is 20.6 Å². The number of phenolic OH excluding ortho intramolecular Hbond substituents is 1. The summed E-state index contributed by atoms with van der Waals surface area (Å²) < 4.78 is 1.43. The molecule has 0 unspecified atom stereocenters. The van der Waals surface area contributed by atoms with Crippen molar-refractivity contribution in [1.82, 2.24) is 9.55 Å². The summed E-state index contributed by atoms with van der Waals surface area (Å²) in [5.41, 5.74) is 1.24. The molecular formula is C14H8N2O3. The minimum absolute atomic E-state index is 0.00476. The largest absolute Gasteiger partial charge is 0.506 e. The number of nitrogens with one attached hydrogen (secondary N) is 1. The van der Waals surface area contributed by atoms with Crippen LogP contribution in [0.4, 0.5) is 0 Å². The second-order valence-electron chi connectivity index (χ2n) is 4.47. The van der Waals surface area contributed by atoms with Gasteiger partial charge in [-0.25, -0.2) is 0 Å². The summed E-state index contributed by atoms with van der Waals surface area (Å²) in [6.45, 7) is 0. The first-order valence-corrected chi connectivity index (χ1v) is 5.79. The lowest BCUT2D eigenvalue weighted by molar-refractivity contribution is 0.0968. The fraction of sp³-hybridized carbons (Fsp3) is 0. The van der Waals surface area contributed by atoms with Crippen LogP contribution in [0.5, 0.6) is 5.75 Å². The van der Waals surface area contributed by atoms with Crippen LogP contribution in [0.15, 0.2) is 41.3 Å². The molecule has 1 aliphatic rings. The predicted octanol–water partition coefficient (Wildman–Crippen LogP) is 1.70. The number of para-hydroxylation sites is 1. The second-order valence-corrected chi connectivity index (χ2v) is 4.47. The zero-order chi connectivity index (χ0) is 13.1. The predicted molar refractivity (Wildman–Crippen MR) is 69.4 cm³/mol. The van der Waals surface area contributed by atoms with Gasteiger partial charge in [0.1, 0.15) is 11.3 Å². The number of aromatic hydroxyl groups is 1. The van der Waals surface area contributed by atoms with Crippen LogP contribution >= 0.6 is 0 Å². The van der Waals surface area contributed by atoms with E-state index in [1.165, 1.54) is 10.6 Å². The Hall–Kier alpha value is -2.82. The van der Waals surface area contributed by atoms with E-state index >= 15 is 0 Å². The van der Waals surface area contributed by atoms with Crippen molar-refractivity contribution < 1.29 is 9.90 Å². The fourth-order valence-corrected chi connectivity index (χ4v) is 2.57. The van der Waals surface area contributed by atoms with Crippen LogP contribution in [0, 0.1) is 0 Å². The van der Waals surface area contributed by atoms with Gasteiger partial charge in [0, 0.05) is 6.20 Å². The van der Waals surface area contributed by atoms with E-state index < -0.39 is 0 Å². The minimum Gasteiger partial charge on any atom is -0.506 e. The van der Waals surface area contributed by atoms with Crippen LogP contribution in [-0.2, 0) is 0 Å². The number of aromatic nitrogens is 2. The highest BCUT2D eigenvalue weighted by atomic mass is 16.3. The van der Waals surface area contributed by atoms with Gasteiger partial charge in [0.15, 0.2) is 0 Å². The fourth-order valence-electron chi connectivity index (χ4n) is 2.57. The molecule has 2 aromatic heterocycles. The Labute approximate surface area is 106 Å². The van der Waals surface area contributed by atoms with Crippen molar-refractivity contribution in [2.75, 3.05) is 0 Å². The number of carbonyl (C=O) groups is 1. The van der Waals surface area contributed by atoms with Gasteiger partial charge >= 0.3 is 0 Å². The van der Waals surface area contributed by atoms with Crippen molar-refractivity contribution in [3.63, 3.8) is 0 Å². The minimum atomic E-state index is -0.353. The first kappa shape index (κ1) is 10.1. The molecule has 0 fully saturated rings. The number of H-pyrrole nitrogens is 1. The van der Waals surface area contributed by atoms with Crippen LogP contribution < -0.4 is 5.43 Å². The third-order valence-corrected chi connectivity index (χ3v) is 3.45. The molecule has 0 atom stereocenters. The summed E-state index contributed by atoms with van der Waals surface area (Å²) in [7, 11) is 0. The smallest absolute Gasteiger partial charge is 0.268 e. The number of nitrogens with zero attached hydrogens (tertiary/aromatic N) is 1. The first-order chi connectivity index (χ1) is 9.18. The van der Waals surface area contributed by atoms with Crippen molar-refractivity contribution in [1.29, 1.82) is 0 Å². The zero-order valence-electron chi connectivity index (χ0n) is 9.68. The van der Waals surface area contributed by atoms with Crippen molar-refractivity contribution in [2.45, 2.75) is 0 Å². The van der Waals surface area contributed by atoms with Gasteiger partial charge in [0.25, 0.3) is 5.91 Å². The molecule has 0 radical (unpaired) electrons. The third-order valence-electron chi connectivity index (χ3n) is 3.45. The highest BCUT2D eigenvalue weighted by Crippen LogP contribution is 2.31. The van der Waals surface area contributed by atoms with Gasteiger partial charge in [-0.15, -0.1) is 0 Å². The molecule has 0 amide bonds. The molecule has 1 aliphatic heterocycles. The summed E-state index contributed by atoms with van der Waals surface area (Å²) in [5.74, 6) is -0.337. The molecule has 0 saturated carbocycles. The summed E-state index contributed by atoms with van der Waals surface area (Å²) in [6, 6.07) is 8.17. The Balaban J connectivity index is 2.26. The monoisotopic (exact) mass is 252 g/mol. The van der Waals surface area contributed by atoms with Crippen molar-refractivity contribution in [2.24, 2.45) is 0 Å². The van der Waals surface area contributed by atoms with Gasteiger partial charge in [-0.1, -0.05) is 6.07 Å². The second kappa shape index (κ2) is 3.14. The van der Waals surface area contributed by atoms with E-state index in [4.69, 9.17) is 0 Å².